The number of ether oxygens (including phenoxy) is 1. The second-order valence-corrected chi connectivity index (χ2v) is 4.05. The van der Waals surface area contributed by atoms with E-state index in [1.54, 1.807) is 19.2 Å². The number of hydrogen-bond acceptors (Lipinski definition) is 3. The molecule has 2 rings (SSSR count). The summed E-state index contributed by atoms with van der Waals surface area (Å²) in [5.41, 5.74) is 0.926. The van der Waals surface area contributed by atoms with Crippen LogP contribution in [0, 0.1) is 0 Å². The van der Waals surface area contributed by atoms with Crippen molar-refractivity contribution < 1.29 is 14.3 Å². The van der Waals surface area contributed by atoms with Crippen LogP contribution in [0.5, 0.6) is 5.75 Å². The van der Waals surface area contributed by atoms with Crippen LogP contribution in [-0.2, 0) is 6.42 Å². The lowest BCUT2D eigenvalue weighted by atomic mass is 10.1. The molecule has 3 nitrogen and oxygen atoms in total. The molecule has 0 aliphatic carbocycles. The van der Waals surface area contributed by atoms with Crippen molar-refractivity contribution >= 4 is 11.6 Å². The van der Waals surface area contributed by atoms with Crippen molar-refractivity contribution in [1.29, 1.82) is 0 Å². The molecule has 1 aromatic heterocycles. The number of methoxy groups -OCH3 is 1. The second-order valence-electron chi connectivity index (χ2n) is 3.67. The van der Waals surface area contributed by atoms with Gasteiger partial charge in [0.15, 0.2) is 5.22 Å². The van der Waals surface area contributed by atoms with Gasteiger partial charge in [0.25, 0.3) is 0 Å². The summed E-state index contributed by atoms with van der Waals surface area (Å²) in [6, 6.07) is 10.8. The van der Waals surface area contributed by atoms with Crippen molar-refractivity contribution in [2.24, 2.45) is 0 Å². The summed E-state index contributed by atoms with van der Waals surface area (Å²) < 4.78 is 10.4. The van der Waals surface area contributed by atoms with Gasteiger partial charge in [0.2, 0.25) is 0 Å². The van der Waals surface area contributed by atoms with Crippen LogP contribution in [0.25, 0.3) is 0 Å². The van der Waals surface area contributed by atoms with Gasteiger partial charge in [0, 0.05) is 6.42 Å². The Labute approximate surface area is 105 Å². The van der Waals surface area contributed by atoms with E-state index in [1.165, 1.54) is 0 Å². The lowest BCUT2D eigenvalue weighted by Crippen LogP contribution is -2.02. The molecule has 0 bridgehead atoms. The Morgan fingerprint density at radius 1 is 1.29 bits per heavy atom. The average Bonchev–Trinajstić information content (AvgIpc) is 2.77. The third kappa shape index (κ3) is 2.81. The number of halogens is 1. The zero-order valence-corrected chi connectivity index (χ0v) is 10.1. The topological polar surface area (TPSA) is 42.6 Å². The van der Waals surface area contributed by atoms with Gasteiger partial charge < -0.3 is 14.3 Å². The molecule has 0 saturated heterocycles. The van der Waals surface area contributed by atoms with Crippen LogP contribution >= 0.6 is 11.6 Å². The molecule has 1 heterocycles. The maximum absolute atomic E-state index is 10.00. The Morgan fingerprint density at radius 2 is 2.06 bits per heavy atom. The van der Waals surface area contributed by atoms with Gasteiger partial charge in [-0.15, -0.1) is 0 Å². The van der Waals surface area contributed by atoms with Crippen molar-refractivity contribution in [3.63, 3.8) is 0 Å². The van der Waals surface area contributed by atoms with E-state index in [1.807, 2.05) is 24.3 Å². The van der Waals surface area contributed by atoms with Crippen LogP contribution in [-0.4, -0.2) is 12.2 Å². The molecule has 0 radical (unpaired) electrons. The van der Waals surface area contributed by atoms with Crippen LogP contribution in [0.15, 0.2) is 40.8 Å². The van der Waals surface area contributed by atoms with Gasteiger partial charge in [-0.25, -0.2) is 0 Å². The minimum atomic E-state index is -0.723. The van der Waals surface area contributed by atoms with Crippen molar-refractivity contribution in [1.82, 2.24) is 0 Å². The van der Waals surface area contributed by atoms with Gasteiger partial charge in [-0.05, 0) is 35.4 Å². The third-order valence-corrected chi connectivity index (χ3v) is 2.73. The molecule has 90 valence electrons. The van der Waals surface area contributed by atoms with Gasteiger partial charge in [-0.2, -0.15) is 0 Å². The first-order chi connectivity index (χ1) is 8.20. The summed E-state index contributed by atoms with van der Waals surface area (Å²) in [4.78, 5) is 0. The number of aliphatic hydroxyl groups excluding tert-OH is 1. The highest BCUT2D eigenvalue weighted by atomic mass is 35.5. The first kappa shape index (κ1) is 12.0. The molecular weight excluding hydrogens is 240 g/mol. The van der Waals surface area contributed by atoms with Crippen molar-refractivity contribution in [2.75, 3.05) is 7.11 Å². The highest BCUT2D eigenvalue weighted by Gasteiger charge is 2.14. The minimum Gasteiger partial charge on any atom is -0.496 e. The SMILES string of the molecule is COc1ccccc1CC(O)c1ccc(Cl)o1. The van der Waals surface area contributed by atoms with Crippen molar-refractivity contribution in [2.45, 2.75) is 12.5 Å². The van der Waals surface area contributed by atoms with E-state index in [4.69, 9.17) is 20.8 Å². The molecule has 1 aromatic carbocycles. The van der Waals surface area contributed by atoms with E-state index >= 15 is 0 Å². The number of furan rings is 1. The Morgan fingerprint density at radius 3 is 2.71 bits per heavy atom. The minimum absolute atomic E-state index is 0.277. The molecule has 1 atom stereocenters. The van der Waals surface area contributed by atoms with Crippen LogP contribution in [0.1, 0.15) is 17.4 Å². The molecular formula is C13H13ClO3. The first-order valence-electron chi connectivity index (χ1n) is 5.26. The van der Waals surface area contributed by atoms with E-state index in [0.29, 0.717) is 12.2 Å². The first-order valence-corrected chi connectivity index (χ1v) is 5.63. The zero-order valence-electron chi connectivity index (χ0n) is 9.39. The summed E-state index contributed by atoms with van der Waals surface area (Å²) in [6.45, 7) is 0. The molecule has 0 spiro atoms. The highest BCUT2D eigenvalue weighted by Crippen LogP contribution is 2.26. The van der Waals surface area contributed by atoms with Crippen LogP contribution < -0.4 is 4.74 Å². The fraction of sp³-hybridized carbons (Fsp3) is 0.231. The van der Waals surface area contributed by atoms with E-state index in [-0.39, 0.29) is 5.22 Å². The molecule has 0 aliphatic heterocycles. The lowest BCUT2D eigenvalue weighted by molar-refractivity contribution is 0.149. The van der Waals surface area contributed by atoms with E-state index in [2.05, 4.69) is 0 Å². The summed E-state index contributed by atoms with van der Waals surface area (Å²) >= 11 is 5.66. The Balaban J connectivity index is 2.15. The number of para-hydroxylation sites is 1. The van der Waals surface area contributed by atoms with Crippen LogP contribution in [0.3, 0.4) is 0 Å². The Hall–Kier alpha value is -1.45. The predicted octanol–water partition coefficient (Wildman–Crippen LogP) is 3.22. The predicted molar refractivity (Wildman–Crippen MR) is 65.4 cm³/mol. The maximum Gasteiger partial charge on any atom is 0.193 e. The lowest BCUT2D eigenvalue weighted by Gasteiger charge is -2.11. The largest absolute Gasteiger partial charge is 0.496 e. The summed E-state index contributed by atoms with van der Waals surface area (Å²) in [5, 5.41) is 10.3. The van der Waals surface area contributed by atoms with E-state index < -0.39 is 6.10 Å². The fourth-order valence-electron chi connectivity index (χ4n) is 1.69. The van der Waals surface area contributed by atoms with Gasteiger partial charge in [-0.1, -0.05) is 18.2 Å². The van der Waals surface area contributed by atoms with Crippen LogP contribution in [0.2, 0.25) is 5.22 Å². The number of aliphatic hydroxyl groups is 1. The maximum atomic E-state index is 10.00. The van der Waals surface area contributed by atoms with Gasteiger partial charge in [0.1, 0.15) is 17.6 Å². The summed E-state index contributed by atoms with van der Waals surface area (Å²) in [5.74, 6) is 1.21. The average molecular weight is 253 g/mol. The molecule has 17 heavy (non-hydrogen) atoms. The molecule has 0 amide bonds. The molecule has 0 fully saturated rings. The van der Waals surface area contributed by atoms with Crippen molar-refractivity contribution in [3.05, 3.63) is 52.9 Å². The Bertz CT molecular complexity index is 493. The monoisotopic (exact) mass is 252 g/mol. The van der Waals surface area contributed by atoms with E-state index in [9.17, 15) is 5.11 Å². The normalized spacial score (nSPS) is 12.4. The molecule has 0 saturated carbocycles. The number of hydrogen-bond donors (Lipinski definition) is 1. The van der Waals surface area contributed by atoms with Gasteiger partial charge in [-0.3, -0.25) is 0 Å². The standard InChI is InChI=1S/C13H13ClO3/c1-16-11-5-3-2-4-9(11)8-10(15)12-6-7-13(14)17-12/h2-7,10,15H,8H2,1H3. The molecule has 0 aliphatic rings. The number of benzene rings is 1. The van der Waals surface area contributed by atoms with Crippen molar-refractivity contribution in [3.8, 4) is 5.75 Å². The highest BCUT2D eigenvalue weighted by molar-refractivity contribution is 6.28. The summed E-state index contributed by atoms with van der Waals surface area (Å²) in [6.07, 6.45) is -0.299. The number of rotatable bonds is 4. The third-order valence-electron chi connectivity index (χ3n) is 2.53. The second kappa shape index (κ2) is 5.25. The molecule has 4 heteroatoms. The molecule has 2 aromatic rings. The van der Waals surface area contributed by atoms with E-state index in [0.717, 1.165) is 11.3 Å². The summed E-state index contributed by atoms with van der Waals surface area (Å²) in [7, 11) is 1.61. The van der Waals surface area contributed by atoms with Gasteiger partial charge >= 0.3 is 0 Å². The molecule has 1 unspecified atom stereocenters. The van der Waals surface area contributed by atoms with Gasteiger partial charge in [0.05, 0.1) is 7.11 Å². The van der Waals surface area contributed by atoms with Crippen LogP contribution in [0.4, 0.5) is 0 Å². The Kier molecular flexibility index (Phi) is 3.71. The quantitative estimate of drug-likeness (QED) is 0.909. The fourth-order valence-corrected chi connectivity index (χ4v) is 1.84. The zero-order chi connectivity index (χ0) is 12.3. The smallest absolute Gasteiger partial charge is 0.193 e. The molecule has 1 N–H and O–H groups in total.